The van der Waals surface area contributed by atoms with Gasteiger partial charge in [0.05, 0.1) is 6.61 Å². The van der Waals surface area contributed by atoms with Gasteiger partial charge in [-0.2, -0.15) is 0 Å². The molecule has 12 nitrogen and oxygen atoms in total. The van der Waals surface area contributed by atoms with Gasteiger partial charge in [0.25, 0.3) is 0 Å². The molecule has 0 radical (unpaired) electrons. The maximum atomic E-state index is 13.2. The number of aliphatic hydroxyl groups is 2. The van der Waals surface area contributed by atoms with Gasteiger partial charge in [-0.3, -0.25) is 14.4 Å². The molecule has 1 saturated heterocycles. The van der Waals surface area contributed by atoms with Crippen LogP contribution in [0.4, 0.5) is 0 Å². The lowest BCUT2D eigenvalue weighted by Gasteiger charge is -2.40. The summed E-state index contributed by atoms with van der Waals surface area (Å²) in [5.74, 6) is -3.18. The molecule has 12 heteroatoms. The molecule has 6 atom stereocenters. The molecule has 0 amide bonds. The second-order valence-corrected chi connectivity index (χ2v) is 20.9. The van der Waals surface area contributed by atoms with E-state index in [2.05, 4.69) is 118 Å². The first-order chi connectivity index (χ1) is 38.6. The average molecular weight is 1110 g/mol. The molecule has 1 aliphatic heterocycles. The number of hydrogen-bond donors (Lipinski definition) is 3. The third-order valence-corrected chi connectivity index (χ3v) is 13.6. The molecular weight excluding hydrogens is 997 g/mol. The van der Waals surface area contributed by atoms with E-state index in [4.69, 9.17) is 23.7 Å². The van der Waals surface area contributed by atoms with Gasteiger partial charge >= 0.3 is 23.9 Å². The van der Waals surface area contributed by atoms with Crippen LogP contribution in [0.25, 0.3) is 0 Å². The van der Waals surface area contributed by atoms with Crippen molar-refractivity contribution in [1.82, 2.24) is 0 Å². The summed E-state index contributed by atoms with van der Waals surface area (Å²) in [6.45, 7) is 5.74. The number of unbranched alkanes of at least 4 members (excludes halogenated alkanes) is 22. The summed E-state index contributed by atoms with van der Waals surface area (Å²) in [7, 11) is 0. The second-order valence-electron chi connectivity index (χ2n) is 20.9. The van der Waals surface area contributed by atoms with Crippen LogP contribution in [0.15, 0.2) is 97.2 Å². The van der Waals surface area contributed by atoms with Gasteiger partial charge in [-0.15, -0.1) is 0 Å². The summed E-state index contributed by atoms with van der Waals surface area (Å²) in [4.78, 5) is 51.3. The number of hydrogen-bond acceptors (Lipinski definition) is 11. The van der Waals surface area contributed by atoms with E-state index in [1.807, 2.05) is 0 Å². The molecule has 1 heterocycles. The fourth-order valence-electron chi connectivity index (χ4n) is 8.90. The van der Waals surface area contributed by atoms with Gasteiger partial charge in [-0.05, 0) is 116 Å². The number of ether oxygens (including phenoxy) is 5. The molecule has 6 unspecified atom stereocenters. The van der Waals surface area contributed by atoms with E-state index >= 15 is 0 Å². The van der Waals surface area contributed by atoms with E-state index < -0.39 is 67.3 Å². The Morgan fingerprint density at radius 1 is 0.430 bits per heavy atom. The van der Waals surface area contributed by atoms with Gasteiger partial charge in [-0.1, -0.05) is 214 Å². The first kappa shape index (κ1) is 72.7. The highest BCUT2D eigenvalue weighted by Crippen LogP contribution is 2.26. The molecule has 0 aliphatic carbocycles. The van der Waals surface area contributed by atoms with Crippen molar-refractivity contribution in [2.45, 2.75) is 289 Å². The molecule has 1 fully saturated rings. The highest BCUT2D eigenvalue weighted by atomic mass is 16.7. The monoisotopic (exact) mass is 1110 g/mol. The third-order valence-electron chi connectivity index (χ3n) is 13.6. The first-order valence-corrected chi connectivity index (χ1v) is 31.2. The van der Waals surface area contributed by atoms with Crippen molar-refractivity contribution in [3.8, 4) is 0 Å². The molecule has 0 aromatic heterocycles. The highest BCUT2D eigenvalue weighted by molar-refractivity contribution is 5.74. The minimum Gasteiger partial charge on any atom is -0.479 e. The minimum absolute atomic E-state index is 0.0343. The average Bonchev–Trinajstić information content (AvgIpc) is 3.46. The Kier molecular flexibility index (Phi) is 49.9. The van der Waals surface area contributed by atoms with Gasteiger partial charge in [0, 0.05) is 19.3 Å². The van der Waals surface area contributed by atoms with Crippen LogP contribution in [-0.4, -0.2) is 89.2 Å². The summed E-state index contributed by atoms with van der Waals surface area (Å²) in [5, 5.41) is 31.5. The Morgan fingerprint density at radius 2 is 0.797 bits per heavy atom. The van der Waals surface area contributed by atoms with Crippen LogP contribution in [0.3, 0.4) is 0 Å². The number of aliphatic hydroxyl groups excluding tert-OH is 2. The van der Waals surface area contributed by atoms with E-state index in [-0.39, 0.29) is 25.9 Å². The molecule has 1 rings (SSSR count). The summed E-state index contributed by atoms with van der Waals surface area (Å²) in [6.07, 6.45) is 59.4. The number of aliphatic carboxylic acids is 1. The number of rotatable bonds is 52. The fourth-order valence-corrected chi connectivity index (χ4v) is 8.90. The molecule has 3 N–H and O–H groups in total. The van der Waals surface area contributed by atoms with Crippen LogP contribution in [-0.2, 0) is 42.9 Å². The van der Waals surface area contributed by atoms with Crippen LogP contribution in [0, 0.1) is 0 Å². The van der Waals surface area contributed by atoms with Gasteiger partial charge in [-0.25, -0.2) is 4.79 Å². The minimum atomic E-state index is -1.92. The van der Waals surface area contributed by atoms with Gasteiger partial charge in [0.2, 0.25) is 0 Å². The molecule has 1 aliphatic rings. The summed E-state index contributed by atoms with van der Waals surface area (Å²) in [6, 6.07) is 0. The molecule has 0 bridgehead atoms. The number of esters is 3. The standard InChI is InChI=1S/C67H110O12/c1-4-7-10-13-16-19-22-25-28-30-33-35-38-41-44-47-50-53-59(68)75-56-58(77-60(69)54-51-48-45-42-39-37-34-31-29-26-23-20-17-14-11-8-5-2)57-76-67-65(63(72)62(71)64(79-67)66(73)74)78-61(70)55-52-49-46-43-40-36-32-27-24-21-18-15-12-9-6-3/h7,9-10,12,16,18-19,21,25-29,32-33,35,58,62-65,67,71-72H,4-6,8,11,13-15,17,20,22-24,30-31,34,36-57H2,1-3H3,(H,73,74)/b10-7-,12-9-,19-16-,21-18-,28-25-,29-26-,32-27-,35-33-. The van der Waals surface area contributed by atoms with Crippen LogP contribution in [0.5, 0.6) is 0 Å². The summed E-state index contributed by atoms with van der Waals surface area (Å²) in [5.41, 5.74) is 0. The second kappa shape index (κ2) is 54.2. The maximum Gasteiger partial charge on any atom is 0.335 e. The predicted octanol–water partition coefficient (Wildman–Crippen LogP) is 16.5. The lowest BCUT2D eigenvalue weighted by atomic mass is 9.98. The molecule has 450 valence electrons. The van der Waals surface area contributed by atoms with E-state index in [1.165, 1.54) is 57.8 Å². The van der Waals surface area contributed by atoms with Gasteiger partial charge in [0.15, 0.2) is 24.6 Å². The van der Waals surface area contributed by atoms with Crippen molar-refractivity contribution >= 4 is 23.9 Å². The predicted molar refractivity (Wildman–Crippen MR) is 321 cm³/mol. The molecule has 0 aromatic rings. The number of carbonyl (C=O) groups excluding carboxylic acids is 3. The van der Waals surface area contributed by atoms with Crippen molar-refractivity contribution in [3.63, 3.8) is 0 Å². The van der Waals surface area contributed by atoms with Crippen molar-refractivity contribution in [1.29, 1.82) is 0 Å². The van der Waals surface area contributed by atoms with Gasteiger partial charge < -0.3 is 39.0 Å². The molecule has 0 spiro atoms. The quantitative estimate of drug-likeness (QED) is 0.0228. The Hall–Kier alpha value is -4.36. The third kappa shape index (κ3) is 44.0. The Bertz CT molecular complexity index is 1740. The van der Waals surface area contributed by atoms with E-state index in [0.29, 0.717) is 19.3 Å². The van der Waals surface area contributed by atoms with E-state index in [9.17, 15) is 34.5 Å². The summed E-state index contributed by atoms with van der Waals surface area (Å²) < 4.78 is 28.5. The van der Waals surface area contributed by atoms with Crippen molar-refractivity contribution in [2.24, 2.45) is 0 Å². The Labute approximate surface area is 479 Å². The zero-order valence-corrected chi connectivity index (χ0v) is 49.6. The van der Waals surface area contributed by atoms with Crippen LogP contribution >= 0.6 is 0 Å². The topological polar surface area (TPSA) is 175 Å². The first-order valence-electron chi connectivity index (χ1n) is 31.2. The highest BCUT2D eigenvalue weighted by Gasteiger charge is 2.50. The zero-order chi connectivity index (χ0) is 57.5. The van der Waals surface area contributed by atoms with E-state index in [1.54, 1.807) is 0 Å². The molecular formula is C67H110O12. The normalized spacial score (nSPS) is 18.5. The number of allylic oxidation sites excluding steroid dienone is 16. The fraction of sp³-hybridized carbons (Fsp3) is 0.701. The molecule has 79 heavy (non-hydrogen) atoms. The Morgan fingerprint density at radius 3 is 1.23 bits per heavy atom. The molecule has 0 saturated carbocycles. The smallest absolute Gasteiger partial charge is 0.335 e. The van der Waals surface area contributed by atoms with Crippen LogP contribution in [0.1, 0.15) is 252 Å². The van der Waals surface area contributed by atoms with Gasteiger partial charge in [0.1, 0.15) is 18.8 Å². The lowest BCUT2D eigenvalue weighted by molar-refractivity contribution is -0.301. The molecule has 0 aromatic carbocycles. The largest absolute Gasteiger partial charge is 0.479 e. The Balaban J connectivity index is 2.71. The van der Waals surface area contributed by atoms with Crippen molar-refractivity contribution < 1.29 is 58.2 Å². The van der Waals surface area contributed by atoms with Crippen LogP contribution < -0.4 is 0 Å². The number of carboxylic acid groups (broad SMARTS) is 1. The maximum absolute atomic E-state index is 13.2. The summed E-state index contributed by atoms with van der Waals surface area (Å²) >= 11 is 0. The van der Waals surface area contributed by atoms with Crippen LogP contribution in [0.2, 0.25) is 0 Å². The number of carboxylic acids is 1. The SMILES string of the molecule is CC/C=C\C/C=C\C/C=C\C/C=C\CCCCCCC(=O)OCC(COC1OC(C(=O)O)C(O)C(O)C1OC(=O)CCCCCCC/C=C\C/C=C\C/C=C\CC)OC(=O)CCCCCCCCC/C=C\CCCCCCCC. The van der Waals surface area contributed by atoms with Crippen molar-refractivity contribution in [2.75, 3.05) is 13.2 Å². The zero-order valence-electron chi connectivity index (χ0n) is 49.6. The van der Waals surface area contributed by atoms with E-state index in [0.717, 1.165) is 135 Å². The van der Waals surface area contributed by atoms with Crippen molar-refractivity contribution in [3.05, 3.63) is 97.2 Å². The number of carbonyl (C=O) groups is 4. The lowest BCUT2D eigenvalue weighted by Crippen LogP contribution is -2.61.